The van der Waals surface area contributed by atoms with Crippen molar-refractivity contribution in [3.05, 3.63) is 56.1 Å². The fourth-order valence-corrected chi connectivity index (χ4v) is 4.61. The van der Waals surface area contributed by atoms with E-state index < -0.39 is 11.2 Å². The molecule has 1 saturated heterocycles. The molecule has 1 amide bonds. The van der Waals surface area contributed by atoms with Gasteiger partial charge in [0.1, 0.15) is 11.9 Å². The molecule has 2 aromatic carbocycles. The van der Waals surface area contributed by atoms with Crippen molar-refractivity contribution in [3.63, 3.8) is 0 Å². The number of benzene rings is 2. The van der Waals surface area contributed by atoms with Crippen LogP contribution in [0.1, 0.15) is 24.5 Å². The first-order valence-corrected chi connectivity index (χ1v) is 11.8. The zero-order chi connectivity index (χ0) is 23.1. The Hall–Kier alpha value is -2.31. The van der Waals surface area contributed by atoms with Crippen molar-refractivity contribution in [3.8, 4) is 11.5 Å². The first-order valence-electron chi connectivity index (χ1n) is 9.50. The van der Waals surface area contributed by atoms with E-state index in [1.807, 2.05) is 37.3 Å². The molecule has 1 heterocycles. The van der Waals surface area contributed by atoms with Crippen molar-refractivity contribution in [1.29, 1.82) is 0 Å². The summed E-state index contributed by atoms with van der Waals surface area (Å²) in [6.45, 7) is 2.63. The minimum Gasteiger partial charge on any atom is -0.490 e. The van der Waals surface area contributed by atoms with Gasteiger partial charge in [0.2, 0.25) is 5.91 Å². The van der Waals surface area contributed by atoms with Crippen LogP contribution in [-0.2, 0) is 16.2 Å². The predicted molar refractivity (Wildman–Crippen MR) is 133 cm³/mol. The lowest BCUT2D eigenvalue weighted by atomic mass is 10.2. The Balaban J connectivity index is 1.73. The molecule has 1 atom stereocenters. The molecule has 0 saturated carbocycles. The molecule has 0 aromatic heterocycles. The molecular formula is C21H19ClIN3O5S. The molecule has 11 heteroatoms. The third-order valence-corrected chi connectivity index (χ3v) is 6.40. The third kappa shape index (κ3) is 6.59. The second-order valence-electron chi connectivity index (χ2n) is 6.49. The Labute approximate surface area is 207 Å². The Bertz CT molecular complexity index is 1080. The molecule has 1 aliphatic heterocycles. The highest BCUT2D eigenvalue weighted by Gasteiger charge is 2.32. The van der Waals surface area contributed by atoms with Gasteiger partial charge in [-0.05, 0) is 53.3 Å². The number of nitrogens with zero attached hydrogens (tertiary/aromatic N) is 2. The monoisotopic (exact) mass is 587 g/mol. The minimum atomic E-state index is -1.04. The van der Waals surface area contributed by atoms with E-state index in [-0.39, 0.29) is 17.5 Å². The van der Waals surface area contributed by atoms with Crippen molar-refractivity contribution in [1.82, 2.24) is 5.32 Å². The maximum absolute atomic E-state index is 11.8. The number of ether oxygens (including phenoxy) is 2. The number of carboxylic acid groups (broad SMARTS) is 1. The fraction of sp³-hybridized carbons (Fsp3) is 0.238. The highest BCUT2D eigenvalue weighted by atomic mass is 127. The van der Waals surface area contributed by atoms with E-state index in [1.165, 1.54) is 6.21 Å². The van der Waals surface area contributed by atoms with Crippen LogP contribution in [0, 0.1) is 3.57 Å². The molecule has 0 bridgehead atoms. The van der Waals surface area contributed by atoms with Gasteiger partial charge in [0, 0.05) is 10.6 Å². The second-order valence-corrected chi connectivity index (χ2v) is 9.25. The maximum atomic E-state index is 11.8. The van der Waals surface area contributed by atoms with Crippen LogP contribution in [0.3, 0.4) is 0 Å². The number of hydrogen-bond acceptors (Lipinski definition) is 7. The lowest BCUT2D eigenvalue weighted by Crippen LogP contribution is -2.26. The number of amides is 1. The number of aliphatic carboxylic acids is 1. The maximum Gasteiger partial charge on any atom is 0.305 e. The average molecular weight is 588 g/mol. The Morgan fingerprint density at radius 3 is 2.84 bits per heavy atom. The van der Waals surface area contributed by atoms with Crippen LogP contribution in [-0.4, -0.2) is 40.2 Å². The number of carboxylic acids is 1. The largest absolute Gasteiger partial charge is 0.490 e. The van der Waals surface area contributed by atoms with Gasteiger partial charge < -0.3 is 19.9 Å². The number of halogens is 2. The van der Waals surface area contributed by atoms with E-state index in [0.29, 0.717) is 29.7 Å². The Morgan fingerprint density at radius 1 is 1.34 bits per heavy atom. The summed E-state index contributed by atoms with van der Waals surface area (Å²) in [7, 11) is 0. The standard InChI is InChI=1S/C21H19ClIN3O5S/c1-2-30-16-8-12(10-24-26-21-25-20(29)17(32-21)9-18(27)28)7-15(23)19(16)31-11-13-5-3-4-6-14(13)22/h3-8,10,17H,2,9,11H2,1H3,(H,27,28)(H,25,26,29)/b24-10-/t17-/m0/s1. The van der Waals surface area contributed by atoms with Gasteiger partial charge in [0.05, 0.1) is 22.8 Å². The summed E-state index contributed by atoms with van der Waals surface area (Å²) in [5.74, 6) is -0.270. The summed E-state index contributed by atoms with van der Waals surface area (Å²) in [5.41, 5.74) is 1.59. The first-order chi connectivity index (χ1) is 15.4. The van der Waals surface area contributed by atoms with Crippen molar-refractivity contribution >= 4 is 69.2 Å². The number of nitrogens with one attached hydrogen (secondary N) is 1. The third-order valence-electron chi connectivity index (χ3n) is 4.15. The summed E-state index contributed by atoms with van der Waals surface area (Å²) < 4.78 is 12.6. The summed E-state index contributed by atoms with van der Waals surface area (Å²) in [4.78, 5) is 22.6. The second kappa shape index (κ2) is 11.5. The van der Waals surface area contributed by atoms with Gasteiger partial charge in [0.25, 0.3) is 0 Å². The number of carbonyl (C=O) groups is 2. The van der Waals surface area contributed by atoms with Crippen molar-refractivity contribution in [2.24, 2.45) is 10.2 Å². The quantitative estimate of drug-likeness (QED) is 0.257. The van der Waals surface area contributed by atoms with E-state index >= 15 is 0 Å². The van der Waals surface area contributed by atoms with Crippen LogP contribution in [0.25, 0.3) is 0 Å². The van der Waals surface area contributed by atoms with Crippen LogP contribution in [0.2, 0.25) is 5.02 Å². The van der Waals surface area contributed by atoms with Crippen molar-refractivity contribution in [2.45, 2.75) is 25.2 Å². The molecule has 2 N–H and O–H groups in total. The highest BCUT2D eigenvalue weighted by Crippen LogP contribution is 2.35. The lowest BCUT2D eigenvalue weighted by molar-refractivity contribution is -0.138. The van der Waals surface area contributed by atoms with Gasteiger partial charge in [0.15, 0.2) is 16.7 Å². The molecule has 8 nitrogen and oxygen atoms in total. The van der Waals surface area contributed by atoms with Crippen molar-refractivity contribution in [2.75, 3.05) is 6.61 Å². The van der Waals surface area contributed by atoms with E-state index in [0.717, 1.165) is 26.5 Å². The van der Waals surface area contributed by atoms with Gasteiger partial charge in [-0.1, -0.05) is 41.6 Å². The zero-order valence-electron chi connectivity index (χ0n) is 16.9. The molecular weight excluding hydrogens is 569 g/mol. The average Bonchev–Trinajstić information content (AvgIpc) is 3.07. The van der Waals surface area contributed by atoms with E-state index in [9.17, 15) is 9.59 Å². The normalized spacial score (nSPS) is 17.0. The van der Waals surface area contributed by atoms with Crippen LogP contribution < -0.4 is 14.8 Å². The molecule has 0 unspecified atom stereocenters. The number of carbonyl (C=O) groups excluding carboxylic acids is 1. The summed E-state index contributed by atoms with van der Waals surface area (Å²) in [6, 6.07) is 11.1. The number of rotatable bonds is 9. The molecule has 0 spiro atoms. The van der Waals surface area contributed by atoms with Gasteiger partial charge in [-0.25, -0.2) is 0 Å². The molecule has 2 aromatic rings. The Kier molecular flexibility index (Phi) is 8.76. The van der Waals surface area contributed by atoms with E-state index in [2.05, 4.69) is 38.1 Å². The zero-order valence-corrected chi connectivity index (χ0v) is 20.6. The molecule has 0 radical (unpaired) electrons. The van der Waals surface area contributed by atoms with Crippen LogP contribution in [0.15, 0.2) is 46.6 Å². The molecule has 0 aliphatic carbocycles. The first kappa shape index (κ1) is 24.3. The lowest BCUT2D eigenvalue weighted by Gasteiger charge is -2.15. The molecule has 1 fully saturated rings. The van der Waals surface area contributed by atoms with E-state index in [1.54, 1.807) is 6.07 Å². The highest BCUT2D eigenvalue weighted by molar-refractivity contribution is 14.1. The van der Waals surface area contributed by atoms with Gasteiger partial charge in [-0.15, -0.1) is 5.10 Å². The molecule has 32 heavy (non-hydrogen) atoms. The van der Waals surface area contributed by atoms with Gasteiger partial charge in [-0.3, -0.25) is 9.59 Å². The fourth-order valence-electron chi connectivity index (χ4n) is 2.72. The van der Waals surface area contributed by atoms with Crippen LogP contribution in [0.4, 0.5) is 0 Å². The minimum absolute atomic E-state index is 0.261. The molecule has 168 valence electrons. The number of thioether (sulfide) groups is 1. The number of amidine groups is 1. The van der Waals surface area contributed by atoms with Crippen LogP contribution >= 0.6 is 46.0 Å². The summed E-state index contributed by atoms with van der Waals surface area (Å²) >= 11 is 9.41. The SMILES string of the molecule is CCOc1cc(/C=N\N=C2\NC(=O)[C@H](CC(=O)O)S2)cc(I)c1OCc1ccccc1Cl. The van der Waals surface area contributed by atoms with Gasteiger partial charge in [-0.2, -0.15) is 5.10 Å². The van der Waals surface area contributed by atoms with Gasteiger partial charge >= 0.3 is 5.97 Å². The van der Waals surface area contributed by atoms with Crippen LogP contribution in [0.5, 0.6) is 11.5 Å². The van der Waals surface area contributed by atoms with E-state index in [4.69, 9.17) is 26.2 Å². The Morgan fingerprint density at radius 2 is 2.12 bits per heavy atom. The summed E-state index contributed by atoms with van der Waals surface area (Å²) in [5, 5.41) is 19.5. The number of hydrogen-bond donors (Lipinski definition) is 2. The van der Waals surface area contributed by atoms with Crippen molar-refractivity contribution < 1.29 is 24.2 Å². The molecule has 1 aliphatic rings. The molecule has 3 rings (SSSR count). The predicted octanol–water partition coefficient (Wildman–Crippen LogP) is 4.32. The topological polar surface area (TPSA) is 110 Å². The smallest absolute Gasteiger partial charge is 0.305 e. The summed E-state index contributed by atoms with van der Waals surface area (Å²) in [6.07, 6.45) is 1.25.